The topological polar surface area (TPSA) is 45.8 Å². The number of aliphatic hydroxyl groups excluding tert-OH is 1. The van der Waals surface area contributed by atoms with Crippen LogP contribution in [0.5, 0.6) is 0 Å². The molecule has 2 aromatic heterocycles. The summed E-state index contributed by atoms with van der Waals surface area (Å²) in [7, 11) is 0. The lowest BCUT2D eigenvalue weighted by Crippen LogP contribution is -2.53. The van der Waals surface area contributed by atoms with E-state index < -0.39 is 23.8 Å². The molecule has 1 fully saturated rings. The molecule has 1 N–H and O–H groups in total. The zero-order chi connectivity index (χ0) is 35.1. The van der Waals surface area contributed by atoms with E-state index in [2.05, 4.69) is 45.6 Å². The molecule has 3 heterocycles. The fourth-order valence-electron chi connectivity index (χ4n) is 7.94. The second-order valence-corrected chi connectivity index (χ2v) is 13.9. The van der Waals surface area contributed by atoms with Gasteiger partial charge in [-0.2, -0.15) is 0 Å². The highest BCUT2D eigenvalue weighted by molar-refractivity contribution is 6.09. The third-order valence-electron chi connectivity index (χ3n) is 10.4. The maximum absolute atomic E-state index is 14.5. The summed E-state index contributed by atoms with van der Waals surface area (Å²) in [4.78, 5) is 4.78. The number of aliphatic hydroxyl groups is 1. The monoisotopic (exact) mass is 690 g/mol. The Bertz CT molecular complexity index is 2260. The number of halogens is 3. The highest BCUT2D eigenvalue weighted by Crippen LogP contribution is 2.33. The van der Waals surface area contributed by atoms with Crippen LogP contribution in [0.4, 0.5) is 13.2 Å². The molecule has 51 heavy (non-hydrogen) atoms. The van der Waals surface area contributed by atoms with Crippen LogP contribution < -0.4 is 0 Å². The van der Waals surface area contributed by atoms with E-state index in [1.54, 1.807) is 24.3 Å². The highest BCUT2D eigenvalue weighted by Gasteiger charge is 2.27. The van der Waals surface area contributed by atoms with Crippen molar-refractivity contribution in [3.05, 3.63) is 132 Å². The Morgan fingerprint density at radius 2 is 1.18 bits per heavy atom. The molecule has 6 nitrogen and oxygen atoms in total. The van der Waals surface area contributed by atoms with Crippen LogP contribution in [-0.2, 0) is 24.4 Å². The zero-order valence-electron chi connectivity index (χ0n) is 28.6. The largest absolute Gasteiger partial charge is 0.389 e. The van der Waals surface area contributed by atoms with Crippen LogP contribution in [-0.4, -0.2) is 75.1 Å². The molecule has 0 spiro atoms. The van der Waals surface area contributed by atoms with Crippen molar-refractivity contribution >= 4 is 43.6 Å². The first kappa shape index (κ1) is 33.5. The van der Waals surface area contributed by atoms with Gasteiger partial charge < -0.3 is 19.0 Å². The minimum Gasteiger partial charge on any atom is -0.389 e. The molecule has 0 saturated carbocycles. The smallest absolute Gasteiger partial charge is 0.123 e. The average Bonchev–Trinajstić information content (AvgIpc) is 3.59. The van der Waals surface area contributed by atoms with Crippen LogP contribution in [0.15, 0.2) is 109 Å². The Kier molecular flexibility index (Phi) is 9.29. The summed E-state index contributed by atoms with van der Waals surface area (Å²) < 4.78 is 54.2. The van der Waals surface area contributed by atoms with Gasteiger partial charge in [-0.05, 0) is 73.2 Å². The lowest BCUT2D eigenvalue weighted by molar-refractivity contribution is -0.0418. The number of hydrogen-bond acceptors (Lipinski definition) is 4. The predicted molar refractivity (Wildman–Crippen MR) is 197 cm³/mol. The maximum atomic E-state index is 14.5. The van der Waals surface area contributed by atoms with E-state index >= 15 is 0 Å². The molecular weight excluding hydrogens is 649 g/mol. The lowest BCUT2D eigenvalue weighted by Gasteiger charge is -2.40. The molecule has 2 unspecified atom stereocenters. The number of ether oxygens (including phenoxy) is 1. The number of rotatable bonds is 11. The van der Waals surface area contributed by atoms with Crippen LogP contribution in [0.1, 0.15) is 12.5 Å². The van der Waals surface area contributed by atoms with Crippen molar-refractivity contribution in [1.29, 1.82) is 0 Å². The molecule has 0 radical (unpaired) electrons. The summed E-state index contributed by atoms with van der Waals surface area (Å²) in [6.45, 7) is 7.13. The summed E-state index contributed by atoms with van der Waals surface area (Å²) in [5, 5.41) is 14.4. The summed E-state index contributed by atoms with van der Waals surface area (Å²) in [6, 6.07) is 32.6. The fourth-order valence-corrected chi connectivity index (χ4v) is 7.94. The van der Waals surface area contributed by atoms with Gasteiger partial charge in [0.1, 0.15) is 17.5 Å². The minimum absolute atomic E-state index is 0.105. The van der Waals surface area contributed by atoms with E-state index in [1.807, 2.05) is 34.9 Å². The molecule has 1 aliphatic rings. The van der Waals surface area contributed by atoms with E-state index in [-0.39, 0.29) is 18.5 Å². The van der Waals surface area contributed by atoms with Gasteiger partial charge in [0.25, 0.3) is 0 Å². The van der Waals surface area contributed by atoms with Gasteiger partial charge in [0.2, 0.25) is 0 Å². The summed E-state index contributed by atoms with van der Waals surface area (Å²) in [5.41, 5.74) is 4.64. The molecule has 262 valence electrons. The summed E-state index contributed by atoms with van der Waals surface area (Å²) >= 11 is 0. The first-order chi connectivity index (χ1) is 24.8. The van der Waals surface area contributed by atoms with Crippen LogP contribution in [0, 0.1) is 17.5 Å². The maximum Gasteiger partial charge on any atom is 0.123 e. The number of para-hydroxylation sites is 1. The van der Waals surface area contributed by atoms with Crippen LogP contribution in [0.2, 0.25) is 0 Å². The fraction of sp³-hybridized carbons (Fsp3) is 0.286. The van der Waals surface area contributed by atoms with E-state index in [4.69, 9.17) is 4.74 Å². The van der Waals surface area contributed by atoms with Crippen molar-refractivity contribution in [3.63, 3.8) is 0 Å². The van der Waals surface area contributed by atoms with Gasteiger partial charge in [-0.25, -0.2) is 13.2 Å². The average molecular weight is 691 g/mol. The van der Waals surface area contributed by atoms with Crippen molar-refractivity contribution in [1.82, 2.24) is 18.9 Å². The van der Waals surface area contributed by atoms with Crippen molar-refractivity contribution in [2.75, 3.05) is 32.8 Å². The summed E-state index contributed by atoms with van der Waals surface area (Å²) in [5.74, 6) is -1.09. The van der Waals surface area contributed by atoms with E-state index in [9.17, 15) is 18.3 Å². The van der Waals surface area contributed by atoms with Gasteiger partial charge >= 0.3 is 0 Å². The molecular formula is C42H41F3N4O2. The standard InChI is InChI=1S/C42H41F3N4O2/c1-28-22-46(23-29-7-3-2-4-8-29)17-18-47(28)24-33(50)27-51-34(25-48-39-10-6-5-9-35(39)36-19-30(43)11-14-40(36)48)26-49-41-15-12-31(44)20-37(41)38-21-32(45)13-16-42(38)49/h2-16,19-21,28,33-34,50H,17-18,22-27H2,1H3/t28-,33?,34?/m0/s1. The molecule has 1 saturated heterocycles. The number of fused-ring (bicyclic) bond motifs is 6. The van der Waals surface area contributed by atoms with Crippen LogP contribution in [0.3, 0.4) is 0 Å². The van der Waals surface area contributed by atoms with Crippen LogP contribution in [0.25, 0.3) is 43.6 Å². The van der Waals surface area contributed by atoms with Gasteiger partial charge in [0, 0.05) is 82.4 Å². The molecule has 0 amide bonds. The normalized spacial score (nSPS) is 17.2. The van der Waals surface area contributed by atoms with E-state index in [0.717, 1.165) is 59.0 Å². The number of piperazine rings is 1. The van der Waals surface area contributed by atoms with Gasteiger partial charge in [0.15, 0.2) is 0 Å². The second-order valence-electron chi connectivity index (χ2n) is 13.9. The quantitative estimate of drug-likeness (QED) is 0.150. The first-order valence-electron chi connectivity index (χ1n) is 17.6. The molecule has 0 bridgehead atoms. The Labute approximate surface area is 294 Å². The van der Waals surface area contributed by atoms with Gasteiger partial charge in [-0.3, -0.25) is 9.80 Å². The van der Waals surface area contributed by atoms with Crippen molar-refractivity contribution in [2.24, 2.45) is 0 Å². The molecule has 3 atom stereocenters. The third kappa shape index (κ3) is 6.87. The molecule has 0 aliphatic carbocycles. The number of benzene rings is 5. The predicted octanol–water partition coefficient (Wildman–Crippen LogP) is 7.97. The zero-order valence-corrected chi connectivity index (χ0v) is 28.6. The minimum atomic E-state index is -0.732. The number of β-amino-alcohol motifs (C(OH)–C–C–N with tert-alkyl or cyclic N) is 1. The molecule has 9 heteroatoms. The van der Waals surface area contributed by atoms with Gasteiger partial charge in [-0.1, -0.05) is 48.5 Å². The van der Waals surface area contributed by atoms with Crippen molar-refractivity contribution in [3.8, 4) is 0 Å². The molecule has 8 rings (SSSR count). The Morgan fingerprint density at radius 3 is 1.76 bits per heavy atom. The Balaban J connectivity index is 1.06. The van der Waals surface area contributed by atoms with Crippen molar-refractivity contribution < 1.29 is 23.0 Å². The summed E-state index contributed by atoms with van der Waals surface area (Å²) in [6.07, 6.45) is -1.19. The third-order valence-corrected chi connectivity index (χ3v) is 10.4. The van der Waals surface area contributed by atoms with Gasteiger partial charge in [-0.15, -0.1) is 0 Å². The Morgan fingerprint density at radius 1 is 0.647 bits per heavy atom. The molecule has 7 aromatic rings. The Hall–Kier alpha value is -4.67. The van der Waals surface area contributed by atoms with Crippen molar-refractivity contribution in [2.45, 2.75) is 44.8 Å². The number of nitrogens with zero attached hydrogens (tertiary/aromatic N) is 4. The SMILES string of the molecule is C[C@H]1CN(Cc2ccccc2)CCN1CC(O)COC(Cn1c2ccccc2c2cc(F)ccc21)Cn1c2ccc(F)cc2c2cc(F)ccc21. The molecule has 1 aliphatic heterocycles. The highest BCUT2D eigenvalue weighted by atomic mass is 19.1. The van der Waals surface area contributed by atoms with Crippen LogP contribution >= 0.6 is 0 Å². The van der Waals surface area contributed by atoms with Gasteiger partial charge in [0.05, 0.1) is 31.9 Å². The number of aromatic nitrogens is 2. The lowest BCUT2D eigenvalue weighted by atomic mass is 10.1. The first-order valence-corrected chi connectivity index (χ1v) is 17.6. The van der Waals surface area contributed by atoms with E-state index in [0.29, 0.717) is 30.4 Å². The van der Waals surface area contributed by atoms with E-state index in [1.165, 1.54) is 35.9 Å². The molecule has 5 aromatic carbocycles. The second kappa shape index (κ2) is 14.2. The number of hydrogen-bond donors (Lipinski definition) is 1.